The van der Waals surface area contributed by atoms with Gasteiger partial charge in [-0.1, -0.05) is 42.5 Å². The number of benzene rings is 2. The smallest absolute Gasteiger partial charge is 0.223 e. The molecule has 1 heterocycles. The van der Waals surface area contributed by atoms with Gasteiger partial charge in [0.05, 0.1) is 12.8 Å². The first-order valence-electron chi connectivity index (χ1n) is 8.14. The molecule has 0 aliphatic rings. The molecule has 3 aromatic rings. The van der Waals surface area contributed by atoms with Crippen LogP contribution in [0.15, 0.2) is 60.9 Å². The minimum atomic E-state index is 0.0136. The van der Waals surface area contributed by atoms with E-state index in [2.05, 4.69) is 9.97 Å². The van der Waals surface area contributed by atoms with Crippen LogP contribution in [0.1, 0.15) is 12.5 Å². The van der Waals surface area contributed by atoms with Crippen LogP contribution in [0.5, 0.6) is 17.4 Å². The molecule has 0 spiro atoms. The number of methoxy groups -OCH3 is 1. The van der Waals surface area contributed by atoms with Crippen molar-refractivity contribution in [1.29, 1.82) is 0 Å². The summed E-state index contributed by atoms with van der Waals surface area (Å²) < 4.78 is 11.5. The van der Waals surface area contributed by atoms with E-state index in [1.165, 1.54) is 6.33 Å². The van der Waals surface area contributed by atoms with Crippen LogP contribution in [0.3, 0.4) is 0 Å². The highest BCUT2D eigenvalue weighted by atomic mass is 16.5. The molecule has 2 aromatic carbocycles. The normalized spacial score (nSPS) is 11.8. The van der Waals surface area contributed by atoms with E-state index >= 15 is 0 Å². The van der Waals surface area contributed by atoms with E-state index in [4.69, 9.17) is 15.2 Å². The van der Waals surface area contributed by atoms with Crippen molar-refractivity contribution in [3.05, 3.63) is 66.5 Å². The Morgan fingerprint density at radius 1 is 1.04 bits per heavy atom. The Hall–Kier alpha value is -2.92. The summed E-state index contributed by atoms with van der Waals surface area (Å²) in [7, 11) is 1.62. The highest BCUT2D eigenvalue weighted by Gasteiger charge is 2.14. The number of nitrogens with zero attached hydrogens (tertiary/aromatic N) is 2. The van der Waals surface area contributed by atoms with Crippen LogP contribution in [0.25, 0.3) is 11.3 Å². The number of aromatic nitrogens is 2. The maximum Gasteiger partial charge on any atom is 0.223 e. The van der Waals surface area contributed by atoms with Crippen molar-refractivity contribution in [2.75, 3.05) is 7.11 Å². The Kier molecular flexibility index (Phi) is 5.26. The van der Waals surface area contributed by atoms with E-state index in [0.29, 0.717) is 23.8 Å². The standard InChI is InChI=1S/C20H21N3O2/c1-14(21)11-16-9-6-10-18(24-2)20(16)25-19-12-17(22-13-23-19)15-7-4-3-5-8-15/h3-10,12-14H,11,21H2,1-2H3. The molecule has 0 radical (unpaired) electrons. The van der Waals surface area contributed by atoms with Crippen LogP contribution in [0.2, 0.25) is 0 Å². The molecule has 5 heteroatoms. The molecule has 0 fully saturated rings. The zero-order chi connectivity index (χ0) is 17.6. The lowest BCUT2D eigenvalue weighted by molar-refractivity contribution is 0.370. The molecule has 1 aromatic heterocycles. The van der Waals surface area contributed by atoms with Gasteiger partial charge in [0.15, 0.2) is 11.5 Å². The Balaban J connectivity index is 1.95. The van der Waals surface area contributed by atoms with Gasteiger partial charge in [0.2, 0.25) is 5.88 Å². The van der Waals surface area contributed by atoms with Gasteiger partial charge in [0.1, 0.15) is 6.33 Å². The average molecular weight is 335 g/mol. The third kappa shape index (κ3) is 4.14. The largest absolute Gasteiger partial charge is 0.493 e. The van der Waals surface area contributed by atoms with Gasteiger partial charge in [0.25, 0.3) is 0 Å². The quantitative estimate of drug-likeness (QED) is 0.741. The minimum absolute atomic E-state index is 0.0136. The minimum Gasteiger partial charge on any atom is -0.493 e. The van der Waals surface area contributed by atoms with Crippen LogP contribution in [-0.2, 0) is 6.42 Å². The van der Waals surface area contributed by atoms with Crippen molar-refractivity contribution in [2.24, 2.45) is 5.73 Å². The summed E-state index contributed by atoms with van der Waals surface area (Å²) in [6.07, 6.45) is 2.18. The van der Waals surface area contributed by atoms with E-state index in [9.17, 15) is 0 Å². The van der Waals surface area contributed by atoms with Gasteiger partial charge in [-0.2, -0.15) is 0 Å². The summed E-state index contributed by atoms with van der Waals surface area (Å²) in [6.45, 7) is 1.96. The Morgan fingerprint density at radius 2 is 1.84 bits per heavy atom. The van der Waals surface area contributed by atoms with E-state index < -0.39 is 0 Å². The number of rotatable bonds is 6. The Labute approximate surface area is 147 Å². The molecule has 3 rings (SSSR count). The second-order valence-electron chi connectivity index (χ2n) is 5.84. The molecule has 128 valence electrons. The number of para-hydroxylation sites is 1. The molecule has 0 saturated carbocycles. The number of ether oxygens (including phenoxy) is 2. The molecule has 2 N–H and O–H groups in total. The fourth-order valence-electron chi connectivity index (χ4n) is 2.61. The summed E-state index contributed by atoms with van der Waals surface area (Å²) in [6, 6.07) is 17.5. The van der Waals surface area contributed by atoms with Gasteiger partial charge in [-0.05, 0) is 19.4 Å². The molecule has 0 amide bonds. The molecule has 0 aliphatic heterocycles. The highest BCUT2D eigenvalue weighted by Crippen LogP contribution is 2.35. The number of nitrogens with two attached hydrogens (primary N) is 1. The number of hydrogen-bond acceptors (Lipinski definition) is 5. The predicted molar refractivity (Wildman–Crippen MR) is 97.9 cm³/mol. The summed E-state index contributed by atoms with van der Waals surface area (Å²) in [5.74, 6) is 1.75. The molecule has 1 atom stereocenters. The van der Waals surface area contributed by atoms with Crippen LogP contribution in [0, 0.1) is 0 Å². The zero-order valence-electron chi connectivity index (χ0n) is 14.3. The topological polar surface area (TPSA) is 70.3 Å². The van der Waals surface area contributed by atoms with Crippen molar-refractivity contribution in [3.8, 4) is 28.6 Å². The van der Waals surface area contributed by atoms with E-state index in [1.54, 1.807) is 7.11 Å². The highest BCUT2D eigenvalue weighted by molar-refractivity contribution is 5.60. The molecular formula is C20H21N3O2. The Morgan fingerprint density at radius 3 is 2.56 bits per heavy atom. The van der Waals surface area contributed by atoms with E-state index in [1.807, 2.05) is 61.5 Å². The van der Waals surface area contributed by atoms with Crippen LogP contribution in [0.4, 0.5) is 0 Å². The second-order valence-corrected chi connectivity index (χ2v) is 5.84. The maximum atomic E-state index is 6.06. The molecule has 1 unspecified atom stereocenters. The lowest BCUT2D eigenvalue weighted by Gasteiger charge is -2.15. The van der Waals surface area contributed by atoms with Crippen LogP contribution in [-0.4, -0.2) is 23.1 Å². The molecule has 25 heavy (non-hydrogen) atoms. The summed E-state index contributed by atoms with van der Waals surface area (Å²) in [4.78, 5) is 8.56. The summed E-state index contributed by atoms with van der Waals surface area (Å²) in [5.41, 5.74) is 8.74. The predicted octanol–water partition coefficient (Wildman–Crippen LogP) is 3.83. The van der Waals surface area contributed by atoms with Crippen LogP contribution >= 0.6 is 0 Å². The molecular weight excluding hydrogens is 314 g/mol. The first-order valence-corrected chi connectivity index (χ1v) is 8.14. The molecule has 0 bridgehead atoms. The fraction of sp³-hybridized carbons (Fsp3) is 0.200. The maximum absolute atomic E-state index is 6.06. The van der Waals surface area contributed by atoms with E-state index in [-0.39, 0.29) is 6.04 Å². The van der Waals surface area contributed by atoms with Gasteiger partial charge in [-0.3, -0.25) is 0 Å². The third-order valence-electron chi connectivity index (χ3n) is 3.74. The van der Waals surface area contributed by atoms with E-state index in [0.717, 1.165) is 16.8 Å². The van der Waals surface area contributed by atoms with Gasteiger partial charge >= 0.3 is 0 Å². The zero-order valence-corrected chi connectivity index (χ0v) is 14.3. The summed E-state index contributed by atoms with van der Waals surface area (Å²) >= 11 is 0. The van der Waals surface area contributed by atoms with Crippen LogP contribution < -0.4 is 15.2 Å². The SMILES string of the molecule is COc1cccc(CC(C)N)c1Oc1cc(-c2ccccc2)ncn1. The van der Waals surface area contributed by atoms with Gasteiger partial charge in [-0.25, -0.2) is 9.97 Å². The molecule has 0 saturated heterocycles. The van der Waals surface area contributed by atoms with Gasteiger partial charge in [-0.15, -0.1) is 0 Å². The average Bonchev–Trinajstić information content (AvgIpc) is 2.64. The van der Waals surface area contributed by atoms with Gasteiger partial charge in [0, 0.05) is 23.2 Å². The van der Waals surface area contributed by atoms with Crippen molar-refractivity contribution >= 4 is 0 Å². The monoisotopic (exact) mass is 335 g/mol. The fourth-order valence-corrected chi connectivity index (χ4v) is 2.61. The van der Waals surface area contributed by atoms with Crippen molar-refractivity contribution < 1.29 is 9.47 Å². The number of hydrogen-bond donors (Lipinski definition) is 1. The Bertz CT molecular complexity index is 835. The lowest BCUT2D eigenvalue weighted by atomic mass is 10.1. The third-order valence-corrected chi connectivity index (χ3v) is 3.74. The first-order chi connectivity index (χ1) is 12.2. The second kappa shape index (κ2) is 7.77. The molecule has 5 nitrogen and oxygen atoms in total. The lowest BCUT2D eigenvalue weighted by Crippen LogP contribution is -2.18. The van der Waals surface area contributed by atoms with Crippen molar-refractivity contribution in [1.82, 2.24) is 9.97 Å². The van der Waals surface area contributed by atoms with Gasteiger partial charge < -0.3 is 15.2 Å². The molecule has 0 aliphatic carbocycles. The van der Waals surface area contributed by atoms with Crippen molar-refractivity contribution in [3.63, 3.8) is 0 Å². The van der Waals surface area contributed by atoms with Crippen molar-refractivity contribution in [2.45, 2.75) is 19.4 Å². The summed E-state index contributed by atoms with van der Waals surface area (Å²) in [5, 5.41) is 0. The first kappa shape index (κ1) is 16.9.